The quantitative estimate of drug-likeness (QED) is 0.378. The number of aromatic nitrogens is 3. The van der Waals surface area contributed by atoms with Gasteiger partial charge in [0.25, 0.3) is 0 Å². The first kappa shape index (κ1) is 25.5. The molecule has 0 aliphatic carbocycles. The summed E-state index contributed by atoms with van der Waals surface area (Å²) in [4.78, 5) is 24.2. The van der Waals surface area contributed by atoms with Gasteiger partial charge in [-0.2, -0.15) is 15.0 Å². The van der Waals surface area contributed by atoms with E-state index in [1.54, 1.807) is 25.4 Å². The van der Waals surface area contributed by atoms with E-state index in [9.17, 15) is 9.59 Å². The third-order valence-electron chi connectivity index (χ3n) is 4.32. The van der Waals surface area contributed by atoms with Gasteiger partial charge >= 0.3 is 11.9 Å². The Balaban J connectivity index is 0.000000245. The van der Waals surface area contributed by atoms with E-state index in [4.69, 9.17) is 20.9 Å². The fraction of sp³-hybridized carbons (Fsp3) is 0.238. The molecule has 0 bridgehead atoms. The predicted molar refractivity (Wildman–Crippen MR) is 125 cm³/mol. The number of hydrogen-bond acceptors (Lipinski definition) is 10. The zero-order chi connectivity index (χ0) is 24.7. The molecule has 0 aliphatic heterocycles. The minimum Gasteiger partial charge on any atom is -0.494 e. The normalized spacial score (nSPS) is 10.0. The van der Waals surface area contributed by atoms with Crippen LogP contribution < -0.4 is 20.9 Å². The minimum atomic E-state index is -0.473. The molecule has 0 fully saturated rings. The van der Waals surface area contributed by atoms with Gasteiger partial charge in [0.2, 0.25) is 0 Å². The number of aryl methyl sites for hydroxylation is 1. The molecular formula is C21H24BrN5O6. The zero-order valence-electron chi connectivity index (χ0n) is 18.7. The number of methoxy groups -OCH3 is 4. The van der Waals surface area contributed by atoms with Crippen molar-refractivity contribution in [3.63, 3.8) is 0 Å². The van der Waals surface area contributed by atoms with Gasteiger partial charge in [-0.3, -0.25) is 0 Å². The van der Waals surface area contributed by atoms with Gasteiger partial charge in [0, 0.05) is 12.6 Å². The van der Waals surface area contributed by atoms with Crippen LogP contribution in [0.15, 0.2) is 34.9 Å². The van der Waals surface area contributed by atoms with Gasteiger partial charge in [0.15, 0.2) is 11.5 Å². The van der Waals surface area contributed by atoms with Crippen LogP contribution in [0, 0.1) is 0 Å². The summed E-state index contributed by atoms with van der Waals surface area (Å²) in [6.45, 7) is 0. The lowest BCUT2D eigenvalue weighted by Crippen LogP contribution is -2.05. The second-order valence-electron chi connectivity index (χ2n) is 6.43. The highest BCUT2D eigenvalue weighted by atomic mass is 79.9. The Bertz CT molecular complexity index is 1140. The Morgan fingerprint density at radius 1 is 0.879 bits per heavy atom. The van der Waals surface area contributed by atoms with Gasteiger partial charge in [-0.15, -0.1) is 0 Å². The van der Waals surface area contributed by atoms with Gasteiger partial charge in [0.1, 0.15) is 5.69 Å². The topological polar surface area (TPSA) is 154 Å². The summed E-state index contributed by atoms with van der Waals surface area (Å²) in [5.74, 6) is 0.0605. The van der Waals surface area contributed by atoms with Crippen molar-refractivity contribution < 1.29 is 28.5 Å². The molecule has 0 unspecified atom stereocenters. The number of nitrogens with two attached hydrogens (primary N) is 2. The number of hydrogen-bond donors (Lipinski definition) is 2. The van der Waals surface area contributed by atoms with Gasteiger partial charge < -0.3 is 30.4 Å². The molecule has 3 aromatic rings. The number of nitrogen functional groups attached to an aromatic ring is 2. The van der Waals surface area contributed by atoms with Crippen LogP contribution in [0.4, 0.5) is 11.4 Å². The fourth-order valence-electron chi connectivity index (χ4n) is 2.84. The maximum Gasteiger partial charge on any atom is 0.337 e. The van der Waals surface area contributed by atoms with Gasteiger partial charge in [-0.1, -0.05) is 0 Å². The zero-order valence-corrected chi connectivity index (χ0v) is 20.3. The average Bonchev–Trinajstić information content (AvgIpc) is 3.23. The largest absolute Gasteiger partial charge is 0.494 e. The number of nitrogens with zero attached hydrogens (tertiary/aromatic N) is 3. The Kier molecular flexibility index (Phi) is 8.63. The molecule has 176 valence electrons. The maximum atomic E-state index is 11.6. The molecule has 0 atom stereocenters. The molecule has 11 nitrogen and oxygen atoms in total. The number of carbonyl (C=O) groups excluding carboxylic acids is 2. The summed E-state index contributed by atoms with van der Waals surface area (Å²) in [7, 11) is 7.34. The van der Waals surface area contributed by atoms with Crippen molar-refractivity contribution in [2.24, 2.45) is 7.05 Å². The number of rotatable bonds is 5. The number of ether oxygens (including phenoxy) is 4. The van der Waals surface area contributed by atoms with Crippen LogP contribution in [-0.4, -0.2) is 55.4 Å². The third-order valence-corrected chi connectivity index (χ3v) is 4.91. The Morgan fingerprint density at radius 2 is 1.39 bits per heavy atom. The van der Waals surface area contributed by atoms with Gasteiger partial charge in [-0.05, 0) is 40.2 Å². The molecule has 2 aromatic carbocycles. The molecular weight excluding hydrogens is 498 g/mol. The number of carbonyl (C=O) groups is 2. The molecule has 0 saturated heterocycles. The third kappa shape index (κ3) is 5.92. The van der Waals surface area contributed by atoms with Gasteiger partial charge in [0.05, 0.1) is 61.6 Å². The lowest BCUT2D eigenvalue weighted by atomic mass is 10.1. The van der Waals surface area contributed by atoms with Crippen LogP contribution in [-0.2, 0) is 16.5 Å². The van der Waals surface area contributed by atoms with E-state index in [1.807, 2.05) is 0 Å². The van der Waals surface area contributed by atoms with Crippen molar-refractivity contribution in [3.8, 4) is 22.8 Å². The molecule has 0 aliphatic rings. The smallest absolute Gasteiger partial charge is 0.337 e. The van der Waals surface area contributed by atoms with Crippen molar-refractivity contribution in [1.82, 2.24) is 15.0 Å². The van der Waals surface area contributed by atoms with Crippen LogP contribution in [0.5, 0.6) is 11.5 Å². The second kappa shape index (κ2) is 11.2. The SMILES string of the molecule is COC(=O)c1cc(N)c(OC)c(-c2cnn(C)n2)c1.COC(=O)c1cc(N)c(OC)c(Br)c1. The first-order valence-electron chi connectivity index (χ1n) is 9.30. The Hall–Kier alpha value is -3.80. The molecule has 0 spiro atoms. The highest BCUT2D eigenvalue weighted by Gasteiger charge is 2.17. The molecule has 3 rings (SSSR count). The number of anilines is 2. The number of halogens is 1. The Morgan fingerprint density at radius 3 is 1.82 bits per heavy atom. The van der Waals surface area contributed by atoms with E-state index in [1.165, 1.54) is 45.4 Å². The monoisotopic (exact) mass is 521 g/mol. The lowest BCUT2D eigenvalue weighted by molar-refractivity contribution is 0.0592. The fourth-order valence-corrected chi connectivity index (χ4v) is 3.48. The van der Waals surface area contributed by atoms with E-state index in [-0.39, 0.29) is 0 Å². The number of benzene rings is 2. The van der Waals surface area contributed by atoms with Crippen molar-refractivity contribution in [2.45, 2.75) is 0 Å². The van der Waals surface area contributed by atoms with Crippen molar-refractivity contribution >= 4 is 39.2 Å². The highest BCUT2D eigenvalue weighted by Crippen LogP contribution is 2.35. The van der Waals surface area contributed by atoms with Crippen LogP contribution in [0.3, 0.4) is 0 Å². The first-order chi connectivity index (χ1) is 15.7. The Labute approximate surface area is 198 Å². The number of esters is 2. The summed E-state index contributed by atoms with van der Waals surface area (Å²) in [5.41, 5.74) is 14.2. The molecule has 1 heterocycles. The van der Waals surface area contributed by atoms with Crippen LogP contribution in [0.2, 0.25) is 0 Å². The summed E-state index contributed by atoms with van der Waals surface area (Å²) in [5, 5.41) is 8.16. The first-order valence-corrected chi connectivity index (χ1v) is 10.1. The van der Waals surface area contributed by atoms with Crippen LogP contribution >= 0.6 is 15.9 Å². The summed E-state index contributed by atoms with van der Waals surface area (Å²) in [6.07, 6.45) is 1.57. The lowest BCUT2D eigenvalue weighted by Gasteiger charge is -2.11. The van der Waals surface area contributed by atoms with Crippen molar-refractivity contribution in [2.75, 3.05) is 39.9 Å². The van der Waals surface area contributed by atoms with Gasteiger partial charge in [-0.25, -0.2) is 9.59 Å². The van der Waals surface area contributed by atoms with Crippen molar-refractivity contribution in [3.05, 3.63) is 46.1 Å². The van der Waals surface area contributed by atoms with Crippen LogP contribution in [0.25, 0.3) is 11.3 Å². The molecule has 1 aromatic heterocycles. The molecule has 0 radical (unpaired) electrons. The minimum absolute atomic E-state index is 0.335. The van der Waals surface area contributed by atoms with E-state index in [2.05, 4.69) is 35.6 Å². The van der Waals surface area contributed by atoms with E-state index in [0.717, 1.165) is 0 Å². The maximum absolute atomic E-state index is 11.6. The molecule has 0 saturated carbocycles. The predicted octanol–water partition coefficient (Wildman–Crippen LogP) is 2.69. The van der Waals surface area contributed by atoms with E-state index in [0.29, 0.717) is 49.7 Å². The van der Waals surface area contributed by atoms with Crippen molar-refractivity contribution in [1.29, 1.82) is 0 Å². The van der Waals surface area contributed by atoms with E-state index >= 15 is 0 Å². The molecule has 4 N–H and O–H groups in total. The average molecular weight is 522 g/mol. The summed E-state index contributed by atoms with van der Waals surface area (Å²) < 4.78 is 20.1. The standard InChI is InChI=1S/C12H14N4O3.C9H10BrNO3/c1-16-14-6-10(15-16)8-4-7(12(17)19-3)5-9(13)11(8)18-2;1-13-8-6(10)3-5(4-7(8)11)9(12)14-2/h4-6H,13H2,1-3H3;3-4H,11H2,1-2H3. The second-order valence-corrected chi connectivity index (χ2v) is 7.28. The summed E-state index contributed by atoms with van der Waals surface area (Å²) in [6, 6.07) is 6.23. The van der Waals surface area contributed by atoms with Crippen LogP contribution in [0.1, 0.15) is 20.7 Å². The molecule has 12 heteroatoms. The summed E-state index contributed by atoms with van der Waals surface area (Å²) >= 11 is 3.24. The molecule has 0 amide bonds. The molecule has 33 heavy (non-hydrogen) atoms. The van der Waals surface area contributed by atoms with E-state index < -0.39 is 11.9 Å². The highest BCUT2D eigenvalue weighted by molar-refractivity contribution is 9.10.